The molecule has 1 aromatic rings. The standard InChI is InChI=1S/C11H14ClN3O/c1-11(2-3-11)6-14-10(16)7-4-8(12)15-9(13)5-7/h4-5H,2-3,6H2,1H3,(H2,13,15)(H,14,16). The molecule has 1 amide bonds. The molecule has 1 aromatic heterocycles. The monoisotopic (exact) mass is 239 g/mol. The van der Waals surface area contributed by atoms with Crippen LogP contribution in [0.1, 0.15) is 30.1 Å². The first kappa shape index (κ1) is 11.2. The summed E-state index contributed by atoms with van der Waals surface area (Å²) in [5.41, 5.74) is 6.27. The molecule has 4 nitrogen and oxygen atoms in total. The number of hydrogen-bond donors (Lipinski definition) is 2. The number of nitrogen functional groups attached to an aromatic ring is 1. The maximum atomic E-state index is 11.8. The fraction of sp³-hybridized carbons (Fsp3) is 0.455. The van der Waals surface area contributed by atoms with Crippen LogP contribution in [0.5, 0.6) is 0 Å². The topological polar surface area (TPSA) is 68.0 Å². The lowest BCUT2D eigenvalue weighted by Gasteiger charge is -2.10. The first-order chi connectivity index (χ1) is 7.48. The summed E-state index contributed by atoms with van der Waals surface area (Å²) in [6.07, 6.45) is 2.35. The highest BCUT2D eigenvalue weighted by Crippen LogP contribution is 2.44. The molecule has 1 fully saturated rings. The summed E-state index contributed by atoms with van der Waals surface area (Å²) in [7, 11) is 0. The van der Waals surface area contributed by atoms with Gasteiger partial charge in [-0.1, -0.05) is 18.5 Å². The summed E-state index contributed by atoms with van der Waals surface area (Å²) in [5.74, 6) is 0.111. The summed E-state index contributed by atoms with van der Waals surface area (Å²) >= 11 is 5.73. The normalized spacial score (nSPS) is 16.9. The summed E-state index contributed by atoms with van der Waals surface area (Å²) in [4.78, 5) is 15.6. The Kier molecular flexibility index (Phi) is 2.76. The molecule has 1 saturated carbocycles. The van der Waals surface area contributed by atoms with E-state index in [-0.39, 0.29) is 22.3 Å². The molecule has 0 bridgehead atoms. The minimum atomic E-state index is -0.149. The molecule has 0 unspecified atom stereocenters. The van der Waals surface area contributed by atoms with E-state index in [0.717, 1.165) is 0 Å². The van der Waals surface area contributed by atoms with Gasteiger partial charge in [0.05, 0.1) is 0 Å². The van der Waals surface area contributed by atoms with Crippen molar-refractivity contribution in [2.75, 3.05) is 12.3 Å². The number of amides is 1. The van der Waals surface area contributed by atoms with Crippen LogP contribution >= 0.6 is 11.6 Å². The fourth-order valence-electron chi connectivity index (χ4n) is 1.43. The van der Waals surface area contributed by atoms with E-state index in [9.17, 15) is 4.79 Å². The van der Waals surface area contributed by atoms with Crippen LogP contribution in [0.2, 0.25) is 5.15 Å². The molecule has 0 aromatic carbocycles. The number of anilines is 1. The lowest BCUT2D eigenvalue weighted by Crippen LogP contribution is -2.29. The van der Waals surface area contributed by atoms with E-state index in [1.807, 2.05) is 0 Å². The molecule has 0 saturated heterocycles. The Morgan fingerprint density at radius 2 is 2.31 bits per heavy atom. The Labute approximate surface area is 99.2 Å². The number of pyridine rings is 1. The van der Waals surface area contributed by atoms with Gasteiger partial charge in [0.15, 0.2) is 0 Å². The van der Waals surface area contributed by atoms with E-state index >= 15 is 0 Å². The van der Waals surface area contributed by atoms with Gasteiger partial charge in [0, 0.05) is 12.1 Å². The summed E-state index contributed by atoms with van der Waals surface area (Å²) in [6, 6.07) is 3.04. The van der Waals surface area contributed by atoms with Crippen molar-refractivity contribution in [2.24, 2.45) is 5.41 Å². The molecule has 1 aliphatic carbocycles. The average Bonchev–Trinajstić information content (AvgIpc) is 2.92. The molecule has 86 valence electrons. The van der Waals surface area contributed by atoms with E-state index in [1.165, 1.54) is 25.0 Å². The molecule has 0 atom stereocenters. The number of halogens is 1. The van der Waals surface area contributed by atoms with Gasteiger partial charge >= 0.3 is 0 Å². The second kappa shape index (κ2) is 3.94. The summed E-state index contributed by atoms with van der Waals surface area (Å²) in [6.45, 7) is 2.85. The number of nitrogens with zero attached hydrogens (tertiary/aromatic N) is 1. The van der Waals surface area contributed by atoms with Gasteiger partial charge in [-0.25, -0.2) is 4.98 Å². The van der Waals surface area contributed by atoms with Gasteiger partial charge in [-0.15, -0.1) is 0 Å². The van der Waals surface area contributed by atoms with Gasteiger partial charge in [-0.05, 0) is 30.4 Å². The third kappa shape index (κ3) is 2.64. The molecule has 1 aliphatic rings. The molecular weight excluding hydrogens is 226 g/mol. The van der Waals surface area contributed by atoms with E-state index in [2.05, 4.69) is 17.2 Å². The Morgan fingerprint density at radius 1 is 1.62 bits per heavy atom. The van der Waals surface area contributed by atoms with Crippen LogP contribution < -0.4 is 11.1 Å². The number of rotatable bonds is 3. The predicted octanol–water partition coefficient (Wildman–Crippen LogP) is 1.85. The third-order valence-corrected chi connectivity index (χ3v) is 3.05. The smallest absolute Gasteiger partial charge is 0.251 e. The first-order valence-corrected chi connectivity index (χ1v) is 5.58. The fourth-order valence-corrected chi connectivity index (χ4v) is 1.65. The summed E-state index contributed by atoms with van der Waals surface area (Å²) in [5, 5.41) is 3.11. The van der Waals surface area contributed by atoms with Crippen molar-refractivity contribution in [3.8, 4) is 0 Å². The molecule has 3 N–H and O–H groups in total. The SMILES string of the molecule is CC1(CNC(=O)c2cc(N)nc(Cl)c2)CC1. The van der Waals surface area contributed by atoms with Crippen LogP contribution in [0.4, 0.5) is 5.82 Å². The number of nitrogens with two attached hydrogens (primary N) is 1. The largest absolute Gasteiger partial charge is 0.384 e. The van der Waals surface area contributed by atoms with Gasteiger partial charge in [0.25, 0.3) is 5.91 Å². The third-order valence-electron chi connectivity index (χ3n) is 2.86. The predicted molar refractivity (Wildman–Crippen MR) is 63.3 cm³/mol. The number of carbonyl (C=O) groups is 1. The van der Waals surface area contributed by atoms with Gasteiger partial charge in [0.2, 0.25) is 0 Å². The maximum absolute atomic E-state index is 11.8. The van der Waals surface area contributed by atoms with Crippen molar-refractivity contribution in [3.63, 3.8) is 0 Å². The van der Waals surface area contributed by atoms with Crippen LogP contribution in [0.25, 0.3) is 0 Å². The molecule has 0 aliphatic heterocycles. The molecule has 5 heteroatoms. The zero-order chi connectivity index (χ0) is 11.8. The van der Waals surface area contributed by atoms with Crippen molar-refractivity contribution >= 4 is 23.3 Å². The van der Waals surface area contributed by atoms with Crippen LogP contribution in [0.15, 0.2) is 12.1 Å². The van der Waals surface area contributed by atoms with Crippen molar-refractivity contribution in [2.45, 2.75) is 19.8 Å². The van der Waals surface area contributed by atoms with Gasteiger partial charge in [0.1, 0.15) is 11.0 Å². The second-order valence-electron chi connectivity index (χ2n) is 4.60. The Morgan fingerprint density at radius 3 is 2.88 bits per heavy atom. The van der Waals surface area contributed by atoms with E-state index in [1.54, 1.807) is 0 Å². The zero-order valence-corrected chi connectivity index (χ0v) is 9.84. The van der Waals surface area contributed by atoms with Crippen molar-refractivity contribution in [3.05, 3.63) is 22.8 Å². The van der Waals surface area contributed by atoms with Crippen molar-refractivity contribution in [1.29, 1.82) is 0 Å². The molecular formula is C11H14ClN3O. The van der Waals surface area contributed by atoms with E-state index in [4.69, 9.17) is 17.3 Å². The number of nitrogens with one attached hydrogen (secondary N) is 1. The van der Waals surface area contributed by atoms with Gasteiger partial charge < -0.3 is 11.1 Å². The molecule has 16 heavy (non-hydrogen) atoms. The van der Waals surface area contributed by atoms with Crippen LogP contribution in [-0.2, 0) is 0 Å². The van der Waals surface area contributed by atoms with Crippen LogP contribution in [-0.4, -0.2) is 17.4 Å². The molecule has 2 rings (SSSR count). The highest BCUT2D eigenvalue weighted by molar-refractivity contribution is 6.29. The maximum Gasteiger partial charge on any atom is 0.251 e. The Hall–Kier alpha value is -1.29. The average molecular weight is 240 g/mol. The quantitative estimate of drug-likeness (QED) is 0.791. The van der Waals surface area contributed by atoms with Crippen LogP contribution in [0, 0.1) is 5.41 Å². The summed E-state index contributed by atoms with van der Waals surface area (Å²) < 4.78 is 0. The van der Waals surface area contributed by atoms with Crippen LogP contribution in [0.3, 0.4) is 0 Å². The van der Waals surface area contributed by atoms with E-state index in [0.29, 0.717) is 12.1 Å². The minimum absolute atomic E-state index is 0.149. The highest BCUT2D eigenvalue weighted by atomic mass is 35.5. The van der Waals surface area contributed by atoms with Gasteiger partial charge in [-0.2, -0.15) is 0 Å². The lowest BCUT2D eigenvalue weighted by molar-refractivity contribution is 0.0946. The first-order valence-electron chi connectivity index (χ1n) is 5.20. The number of carbonyl (C=O) groups excluding carboxylic acids is 1. The number of aromatic nitrogens is 1. The highest BCUT2D eigenvalue weighted by Gasteiger charge is 2.37. The lowest BCUT2D eigenvalue weighted by atomic mass is 10.1. The number of hydrogen-bond acceptors (Lipinski definition) is 3. The Balaban J connectivity index is 2.02. The Bertz CT molecular complexity index is 409. The van der Waals surface area contributed by atoms with Crippen molar-refractivity contribution < 1.29 is 4.79 Å². The zero-order valence-electron chi connectivity index (χ0n) is 9.09. The molecule has 0 spiro atoms. The minimum Gasteiger partial charge on any atom is -0.384 e. The van der Waals surface area contributed by atoms with Gasteiger partial charge in [-0.3, -0.25) is 4.79 Å². The van der Waals surface area contributed by atoms with Crippen molar-refractivity contribution in [1.82, 2.24) is 10.3 Å². The molecule has 0 radical (unpaired) electrons. The van der Waals surface area contributed by atoms with E-state index < -0.39 is 0 Å². The molecule has 1 heterocycles. The second-order valence-corrected chi connectivity index (χ2v) is 4.98.